The third-order valence-electron chi connectivity index (χ3n) is 3.04. The number of anilines is 1. The lowest BCUT2D eigenvalue weighted by molar-refractivity contribution is -0.219. The van der Waals surface area contributed by atoms with Crippen LogP contribution in [0.3, 0.4) is 0 Å². The molecule has 0 atom stereocenters. The first-order chi connectivity index (χ1) is 8.14. The predicted octanol–water partition coefficient (Wildman–Crippen LogP) is 1.51. The smallest absolute Gasteiger partial charge is 0.203 e. The summed E-state index contributed by atoms with van der Waals surface area (Å²) in [4.78, 5) is 1.97. The van der Waals surface area contributed by atoms with E-state index in [-0.39, 0.29) is 5.56 Å². The van der Waals surface area contributed by atoms with Gasteiger partial charge >= 0.3 is 0 Å². The molecule has 0 spiro atoms. The van der Waals surface area contributed by atoms with Crippen molar-refractivity contribution in [2.75, 3.05) is 32.2 Å². The van der Waals surface area contributed by atoms with E-state index in [1.54, 1.807) is 20.3 Å². The van der Waals surface area contributed by atoms with Gasteiger partial charge in [-0.15, -0.1) is 0 Å². The molecule has 0 aliphatic carbocycles. The Morgan fingerprint density at radius 1 is 1.35 bits per heavy atom. The van der Waals surface area contributed by atoms with Gasteiger partial charge < -0.3 is 14.4 Å². The van der Waals surface area contributed by atoms with Crippen LogP contribution in [0.4, 0.5) is 10.1 Å². The van der Waals surface area contributed by atoms with Crippen molar-refractivity contribution in [3.8, 4) is 6.07 Å². The van der Waals surface area contributed by atoms with Crippen LogP contribution in [-0.4, -0.2) is 33.1 Å². The number of methoxy groups -OCH3 is 2. The molecule has 1 fully saturated rings. The molecule has 5 heteroatoms. The fourth-order valence-electron chi connectivity index (χ4n) is 1.86. The molecule has 1 saturated heterocycles. The molecule has 0 unspecified atom stereocenters. The molecule has 0 amide bonds. The number of nitriles is 1. The average molecular weight is 236 g/mol. The molecule has 0 bridgehead atoms. The number of ether oxygens (including phenoxy) is 2. The maximum atomic E-state index is 13.1. The van der Waals surface area contributed by atoms with Crippen LogP contribution in [-0.2, 0) is 9.47 Å². The lowest BCUT2D eigenvalue weighted by Crippen LogP contribution is -2.64. The van der Waals surface area contributed by atoms with Crippen LogP contribution in [0.15, 0.2) is 18.2 Å². The van der Waals surface area contributed by atoms with Crippen LogP contribution in [0.25, 0.3) is 0 Å². The van der Waals surface area contributed by atoms with Gasteiger partial charge in [0.2, 0.25) is 5.79 Å². The van der Waals surface area contributed by atoms with Crippen LogP contribution >= 0.6 is 0 Å². The molecule has 0 saturated carbocycles. The summed E-state index contributed by atoms with van der Waals surface area (Å²) >= 11 is 0. The summed E-state index contributed by atoms with van der Waals surface area (Å²) in [5.74, 6) is -1.08. The highest BCUT2D eigenvalue weighted by Crippen LogP contribution is 2.31. The predicted molar refractivity (Wildman–Crippen MR) is 60.1 cm³/mol. The van der Waals surface area contributed by atoms with Gasteiger partial charge in [-0.1, -0.05) is 0 Å². The Labute approximate surface area is 99.2 Å². The van der Waals surface area contributed by atoms with Gasteiger partial charge in [0, 0.05) is 19.9 Å². The van der Waals surface area contributed by atoms with Crippen LogP contribution < -0.4 is 4.90 Å². The molecule has 2 rings (SSSR count). The molecular weight excluding hydrogens is 223 g/mol. The van der Waals surface area contributed by atoms with E-state index >= 15 is 0 Å². The summed E-state index contributed by atoms with van der Waals surface area (Å²) in [7, 11) is 3.18. The van der Waals surface area contributed by atoms with Gasteiger partial charge in [0.1, 0.15) is 11.9 Å². The second-order valence-corrected chi connectivity index (χ2v) is 3.95. The molecule has 1 heterocycles. The van der Waals surface area contributed by atoms with Crippen molar-refractivity contribution in [3.63, 3.8) is 0 Å². The SMILES string of the molecule is COC1(OC)CN(c2ccc(F)c(C#N)c2)C1. The number of rotatable bonds is 3. The fraction of sp³-hybridized carbons (Fsp3) is 0.417. The largest absolute Gasteiger partial charge is 0.361 e. The van der Waals surface area contributed by atoms with E-state index in [1.165, 1.54) is 12.1 Å². The fourth-order valence-corrected chi connectivity index (χ4v) is 1.86. The molecule has 17 heavy (non-hydrogen) atoms. The molecule has 4 nitrogen and oxygen atoms in total. The third kappa shape index (κ3) is 1.97. The Morgan fingerprint density at radius 2 is 2.00 bits per heavy atom. The van der Waals surface area contributed by atoms with Gasteiger partial charge in [0.15, 0.2) is 0 Å². The Bertz CT molecular complexity index is 458. The van der Waals surface area contributed by atoms with E-state index < -0.39 is 11.6 Å². The summed E-state index contributed by atoms with van der Waals surface area (Å²) in [6.45, 7) is 1.13. The van der Waals surface area contributed by atoms with Crippen molar-refractivity contribution in [2.45, 2.75) is 5.79 Å². The zero-order valence-corrected chi connectivity index (χ0v) is 9.74. The highest BCUT2D eigenvalue weighted by atomic mass is 19.1. The lowest BCUT2D eigenvalue weighted by Gasteiger charge is -2.48. The van der Waals surface area contributed by atoms with E-state index in [0.717, 1.165) is 5.69 Å². The monoisotopic (exact) mass is 236 g/mol. The van der Waals surface area contributed by atoms with Crippen molar-refractivity contribution in [3.05, 3.63) is 29.6 Å². The van der Waals surface area contributed by atoms with Crippen LogP contribution in [0.1, 0.15) is 5.56 Å². The number of halogens is 1. The topological polar surface area (TPSA) is 45.5 Å². The van der Waals surface area contributed by atoms with E-state index in [0.29, 0.717) is 13.1 Å². The first kappa shape index (κ1) is 11.8. The van der Waals surface area contributed by atoms with Gasteiger partial charge in [-0.05, 0) is 18.2 Å². The molecule has 0 N–H and O–H groups in total. The molecule has 1 aromatic rings. The maximum absolute atomic E-state index is 13.1. The summed E-state index contributed by atoms with van der Waals surface area (Å²) in [6, 6.07) is 6.30. The number of hydrogen-bond donors (Lipinski definition) is 0. The summed E-state index contributed by atoms with van der Waals surface area (Å²) in [5, 5.41) is 8.75. The minimum atomic E-state index is -0.582. The molecule has 1 aromatic carbocycles. The quantitative estimate of drug-likeness (QED) is 0.746. The lowest BCUT2D eigenvalue weighted by atomic mass is 10.1. The van der Waals surface area contributed by atoms with Crippen LogP contribution in [0, 0.1) is 17.1 Å². The van der Waals surface area contributed by atoms with E-state index in [9.17, 15) is 4.39 Å². The molecule has 90 valence electrons. The van der Waals surface area contributed by atoms with Gasteiger partial charge in [0.25, 0.3) is 0 Å². The van der Waals surface area contributed by atoms with E-state index in [2.05, 4.69) is 0 Å². The standard InChI is InChI=1S/C12H13FN2O2/c1-16-12(17-2)7-15(8-12)10-3-4-11(13)9(5-10)6-14/h3-5H,7-8H2,1-2H3. The highest BCUT2D eigenvalue weighted by molar-refractivity contribution is 5.54. The van der Waals surface area contributed by atoms with Crippen molar-refractivity contribution in [2.24, 2.45) is 0 Å². The molecular formula is C12H13FN2O2. The van der Waals surface area contributed by atoms with Crippen molar-refractivity contribution in [1.82, 2.24) is 0 Å². The molecule has 0 radical (unpaired) electrons. The first-order valence-corrected chi connectivity index (χ1v) is 5.19. The van der Waals surface area contributed by atoms with Crippen molar-refractivity contribution < 1.29 is 13.9 Å². The van der Waals surface area contributed by atoms with Gasteiger partial charge in [-0.25, -0.2) is 4.39 Å². The zero-order valence-electron chi connectivity index (χ0n) is 9.74. The molecule has 1 aliphatic rings. The van der Waals surface area contributed by atoms with E-state index in [4.69, 9.17) is 14.7 Å². The van der Waals surface area contributed by atoms with Crippen LogP contribution in [0.5, 0.6) is 0 Å². The van der Waals surface area contributed by atoms with Crippen molar-refractivity contribution in [1.29, 1.82) is 5.26 Å². The summed E-state index contributed by atoms with van der Waals surface area (Å²) in [5.41, 5.74) is 0.850. The van der Waals surface area contributed by atoms with Crippen molar-refractivity contribution >= 4 is 5.69 Å². The zero-order chi connectivity index (χ0) is 12.5. The summed E-state index contributed by atoms with van der Waals surface area (Å²) in [6.07, 6.45) is 0. The molecule has 1 aliphatic heterocycles. The van der Waals surface area contributed by atoms with Gasteiger partial charge in [0.05, 0.1) is 18.7 Å². The third-order valence-corrected chi connectivity index (χ3v) is 3.04. The van der Waals surface area contributed by atoms with Crippen LogP contribution in [0.2, 0.25) is 0 Å². The second-order valence-electron chi connectivity index (χ2n) is 3.95. The van der Waals surface area contributed by atoms with Gasteiger partial charge in [-0.2, -0.15) is 5.26 Å². The van der Waals surface area contributed by atoms with E-state index in [1.807, 2.05) is 11.0 Å². The average Bonchev–Trinajstić information content (AvgIpc) is 2.31. The Morgan fingerprint density at radius 3 is 2.53 bits per heavy atom. The normalized spacial score (nSPS) is 17.4. The molecule has 0 aromatic heterocycles. The number of nitrogens with zero attached hydrogens (tertiary/aromatic N) is 2. The maximum Gasteiger partial charge on any atom is 0.203 e. The minimum absolute atomic E-state index is 0.0508. The summed E-state index contributed by atoms with van der Waals surface area (Å²) < 4.78 is 23.7. The first-order valence-electron chi connectivity index (χ1n) is 5.19. The Hall–Kier alpha value is -1.64. The number of hydrogen-bond acceptors (Lipinski definition) is 4. The Kier molecular flexibility index (Phi) is 3.01. The minimum Gasteiger partial charge on any atom is -0.361 e. The highest BCUT2D eigenvalue weighted by Gasteiger charge is 2.44. The van der Waals surface area contributed by atoms with Gasteiger partial charge in [-0.3, -0.25) is 0 Å². The Balaban J connectivity index is 2.14. The number of benzene rings is 1. The second kappa shape index (κ2) is 4.32.